The van der Waals surface area contributed by atoms with Crippen molar-refractivity contribution in [2.75, 3.05) is 13.7 Å². The van der Waals surface area contributed by atoms with E-state index in [1.807, 2.05) is 6.92 Å². The van der Waals surface area contributed by atoms with Crippen molar-refractivity contribution in [2.24, 2.45) is 0 Å². The molecule has 0 bridgehead atoms. The number of fused-ring (bicyclic) bond motifs is 1. The molecule has 1 N–H and O–H groups in total. The second-order valence-corrected chi connectivity index (χ2v) is 6.83. The largest absolute Gasteiger partial charge is 0.497 e. The van der Waals surface area contributed by atoms with Crippen LogP contribution in [0.4, 0.5) is 0 Å². The molecule has 0 unspecified atom stereocenters. The Hall–Kier alpha value is -2.82. The monoisotopic (exact) mass is 367 g/mol. The van der Waals surface area contributed by atoms with Crippen molar-refractivity contribution in [1.82, 2.24) is 5.32 Å². The van der Waals surface area contributed by atoms with E-state index in [4.69, 9.17) is 9.47 Å². The van der Waals surface area contributed by atoms with Crippen LogP contribution in [0.2, 0.25) is 0 Å². The number of hydrogen-bond donors (Lipinski definition) is 1. The fourth-order valence-electron chi connectivity index (χ4n) is 3.35. The number of benzene rings is 2. The van der Waals surface area contributed by atoms with Crippen molar-refractivity contribution in [3.8, 4) is 5.75 Å². The summed E-state index contributed by atoms with van der Waals surface area (Å²) in [5, 5.41) is 2.89. The van der Waals surface area contributed by atoms with E-state index >= 15 is 0 Å². The summed E-state index contributed by atoms with van der Waals surface area (Å²) in [4.78, 5) is 24.2. The summed E-state index contributed by atoms with van der Waals surface area (Å²) in [5.41, 5.74) is 4.22. The topological polar surface area (TPSA) is 64.6 Å². The van der Waals surface area contributed by atoms with Crippen LogP contribution in [0.1, 0.15) is 52.9 Å². The Balaban J connectivity index is 1.53. The number of amides is 1. The van der Waals surface area contributed by atoms with Gasteiger partial charge in [0.05, 0.1) is 18.7 Å². The van der Waals surface area contributed by atoms with Crippen LogP contribution >= 0.6 is 0 Å². The molecule has 1 aliphatic rings. The summed E-state index contributed by atoms with van der Waals surface area (Å²) in [6.07, 6.45) is 4.70. The maximum Gasteiger partial charge on any atom is 0.338 e. The molecule has 5 nitrogen and oxygen atoms in total. The van der Waals surface area contributed by atoms with Gasteiger partial charge in [-0.05, 0) is 67.5 Å². The van der Waals surface area contributed by atoms with Crippen molar-refractivity contribution in [3.05, 3.63) is 64.7 Å². The van der Waals surface area contributed by atoms with E-state index in [0.29, 0.717) is 11.3 Å². The Bertz CT molecular complexity index is 831. The van der Waals surface area contributed by atoms with Gasteiger partial charge in [0.15, 0.2) is 6.61 Å². The number of esters is 1. The number of rotatable bonds is 6. The van der Waals surface area contributed by atoms with E-state index in [1.165, 1.54) is 31.1 Å². The number of carbonyl (C=O) groups is 2. The van der Waals surface area contributed by atoms with Crippen molar-refractivity contribution in [2.45, 2.75) is 38.6 Å². The molecule has 0 saturated heterocycles. The third-order valence-electron chi connectivity index (χ3n) is 4.89. The number of methoxy groups -OCH3 is 1. The summed E-state index contributed by atoms with van der Waals surface area (Å²) in [7, 11) is 1.53. The van der Waals surface area contributed by atoms with Gasteiger partial charge in [0, 0.05) is 0 Å². The predicted octanol–water partition coefficient (Wildman–Crippen LogP) is 3.61. The van der Waals surface area contributed by atoms with E-state index in [-0.39, 0.29) is 18.6 Å². The first-order chi connectivity index (χ1) is 13.1. The van der Waals surface area contributed by atoms with Crippen molar-refractivity contribution >= 4 is 11.9 Å². The molecule has 0 saturated carbocycles. The Kier molecular flexibility index (Phi) is 6.12. The highest BCUT2D eigenvalue weighted by molar-refractivity contribution is 5.91. The lowest BCUT2D eigenvalue weighted by atomic mass is 9.89. The van der Waals surface area contributed by atoms with Gasteiger partial charge in [-0.15, -0.1) is 0 Å². The standard InChI is InChI=1S/C22H25NO4/c1-15(17-11-10-16-6-3-4-7-18(16)12-17)23-21(24)14-27-22(25)19-8-5-9-20(13-19)26-2/h5,8-13,15H,3-4,6-7,14H2,1-2H3,(H,23,24)/t15-/m1/s1. The molecule has 3 rings (SSSR count). The quantitative estimate of drug-likeness (QED) is 0.792. The first-order valence-electron chi connectivity index (χ1n) is 9.29. The molecular weight excluding hydrogens is 342 g/mol. The highest BCUT2D eigenvalue weighted by Crippen LogP contribution is 2.24. The molecule has 1 atom stereocenters. The van der Waals surface area contributed by atoms with Gasteiger partial charge < -0.3 is 14.8 Å². The first kappa shape index (κ1) is 19.0. The van der Waals surface area contributed by atoms with Gasteiger partial charge in [-0.3, -0.25) is 4.79 Å². The van der Waals surface area contributed by atoms with Gasteiger partial charge in [-0.1, -0.05) is 24.3 Å². The molecule has 1 aliphatic carbocycles. The fourth-order valence-corrected chi connectivity index (χ4v) is 3.35. The molecule has 0 radical (unpaired) electrons. The van der Waals surface area contributed by atoms with E-state index in [0.717, 1.165) is 18.4 Å². The number of aryl methyl sites for hydroxylation is 2. The number of carbonyl (C=O) groups excluding carboxylic acids is 2. The molecular formula is C22H25NO4. The molecule has 0 aliphatic heterocycles. The summed E-state index contributed by atoms with van der Waals surface area (Å²) < 4.78 is 10.2. The maximum atomic E-state index is 12.2. The van der Waals surface area contributed by atoms with Crippen molar-refractivity contribution < 1.29 is 19.1 Å². The number of ether oxygens (including phenoxy) is 2. The van der Waals surface area contributed by atoms with Crippen LogP contribution in [0, 0.1) is 0 Å². The van der Waals surface area contributed by atoms with E-state index < -0.39 is 5.97 Å². The Labute approximate surface area is 159 Å². The maximum absolute atomic E-state index is 12.2. The van der Waals surface area contributed by atoms with Crippen LogP contribution in [-0.2, 0) is 22.4 Å². The Morgan fingerprint density at radius 2 is 1.85 bits per heavy atom. The summed E-state index contributed by atoms with van der Waals surface area (Å²) >= 11 is 0. The second kappa shape index (κ2) is 8.71. The number of nitrogens with one attached hydrogen (secondary N) is 1. The second-order valence-electron chi connectivity index (χ2n) is 6.83. The molecule has 0 fully saturated rings. The SMILES string of the molecule is COc1cccc(C(=O)OCC(=O)N[C@H](C)c2ccc3c(c2)CCCC3)c1. The molecule has 0 heterocycles. The van der Waals surface area contributed by atoms with Gasteiger partial charge in [-0.2, -0.15) is 0 Å². The molecule has 27 heavy (non-hydrogen) atoms. The minimum Gasteiger partial charge on any atom is -0.497 e. The molecule has 5 heteroatoms. The predicted molar refractivity (Wildman–Crippen MR) is 103 cm³/mol. The van der Waals surface area contributed by atoms with Crippen molar-refractivity contribution in [1.29, 1.82) is 0 Å². The normalized spacial score (nSPS) is 14.0. The average molecular weight is 367 g/mol. The molecule has 2 aromatic rings. The summed E-state index contributed by atoms with van der Waals surface area (Å²) in [5.74, 6) is -0.308. The van der Waals surface area contributed by atoms with E-state index in [1.54, 1.807) is 24.3 Å². The zero-order valence-corrected chi connectivity index (χ0v) is 15.8. The minimum atomic E-state index is -0.550. The van der Waals surface area contributed by atoms with E-state index in [9.17, 15) is 9.59 Å². The zero-order chi connectivity index (χ0) is 19.2. The van der Waals surface area contributed by atoms with Crippen LogP contribution in [0.25, 0.3) is 0 Å². The van der Waals surface area contributed by atoms with Gasteiger partial charge >= 0.3 is 5.97 Å². The average Bonchev–Trinajstić information content (AvgIpc) is 2.71. The highest BCUT2D eigenvalue weighted by Gasteiger charge is 2.16. The Morgan fingerprint density at radius 3 is 2.63 bits per heavy atom. The van der Waals surface area contributed by atoms with Gasteiger partial charge in [0.2, 0.25) is 0 Å². The Morgan fingerprint density at radius 1 is 1.07 bits per heavy atom. The third kappa shape index (κ3) is 4.88. The van der Waals surface area contributed by atoms with Gasteiger partial charge in [-0.25, -0.2) is 4.79 Å². The lowest BCUT2D eigenvalue weighted by Crippen LogP contribution is -2.31. The molecule has 2 aromatic carbocycles. The third-order valence-corrected chi connectivity index (χ3v) is 4.89. The summed E-state index contributed by atoms with van der Waals surface area (Å²) in [6, 6.07) is 12.9. The number of hydrogen-bond acceptors (Lipinski definition) is 4. The van der Waals surface area contributed by atoms with Crippen LogP contribution in [0.3, 0.4) is 0 Å². The molecule has 142 valence electrons. The lowest BCUT2D eigenvalue weighted by Gasteiger charge is -2.20. The smallest absolute Gasteiger partial charge is 0.338 e. The summed E-state index contributed by atoms with van der Waals surface area (Å²) in [6.45, 7) is 1.62. The van der Waals surface area contributed by atoms with Crippen LogP contribution < -0.4 is 10.1 Å². The van der Waals surface area contributed by atoms with Crippen LogP contribution in [0.15, 0.2) is 42.5 Å². The van der Waals surface area contributed by atoms with Crippen LogP contribution in [0.5, 0.6) is 5.75 Å². The lowest BCUT2D eigenvalue weighted by molar-refractivity contribution is -0.124. The minimum absolute atomic E-state index is 0.139. The highest BCUT2D eigenvalue weighted by atomic mass is 16.5. The zero-order valence-electron chi connectivity index (χ0n) is 15.8. The molecule has 0 spiro atoms. The van der Waals surface area contributed by atoms with Crippen LogP contribution in [-0.4, -0.2) is 25.6 Å². The van der Waals surface area contributed by atoms with Crippen molar-refractivity contribution in [3.63, 3.8) is 0 Å². The molecule has 0 aromatic heterocycles. The van der Waals surface area contributed by atoms with Gasteiger partial charge in [0.25, 0.3) is 5.91 Å². The van der Waals surface area contributed by atoms with E-state index in [2.05, 4.69) is 23.5 Å². The molecule has 1 amide bonds. The van der Waals surface area contributed by atoms with Gasteiger partial charge in [0.1, 0.15) is 5.75 Å². The fraction of sp³-hybridized carbons (Fsp3) is 0.364. The first-order valence-corrected chi connectivity index (χ1v) is 9.29.